The Morgan fingerprint density at radius 2 is 2.12 bits per heavy atom. The van der Waals surface area contributed by atoms with E-state index in [1.165, 1.54) is 19.3 Å². The van der Waals surface area contributed by atoms with E-state index in [4.69, 9.17) is 13.6 Å². The van der Waals surface area contributed by atoms with Crippen LogP contribution in [0.1, 0.15) is 32.6 Å². The van der Waals surface area contributed by atoms with E-state index >= 15 is 0 Å². The first-order valence-corrected chi connectivity index (χ1v) is 9.04. The number of hydrogen-bond donors (Lipinski definition) is 0. The Morgan fingerprint density at radius 3 is 2.75 bits per heavy atom. The highest BCUT2D eigenvalue weighted by Crippen LogP contribution is 2.39. The quantitative estimate of drug-likeness (QED) is 0.532. The van der Waals surface area contributed by atoms with E-state index in [1.807, 2.05) is 0 Å². The summed E-state index contributed by atoms with van der Waals surface area (Å²) in [6.45, 7) is 5.25. The van der Waals surface area contributed by atoms with Crippen molar-refractivity contribution >= 4 is 8.56 Å². The third kappa shape index (κ3) is 3.06. The summed E-state index contributed by atoms with van der Waals surface area (Å²) >= 11 is 0. The fourth-order valence-electron chi connectivity index (χ4n) is 2.62. The molecule has 0 aromatic rings. The maximum absolute atomic E-state index is 6.09. The lowest BCUT2D eigenvalue weighted by atomic mass is 9.90. The van der Waals surface area contributed by atoms with Gasteiger partial charge in [-0.1, -0.05) is 13.3 Å². The van der Waals surface area contributed by atoms with Crippen LogP contribution in [0.5, 0.6) is 0 Å². The van der Waals surface area contributed by atoms with Crippen molar-refractivity contribution in [3.8, 4) is 0 Å². The van der Waals surface area contributed by atoms with Crippen LogP contribution >= 0.6 is 0 Å². The van der Waals surface area contributed by atoms with Crippen LogP contribution in [-0.4, -0.2) is 34.5 Å². The molecule has 3 nitrogen and oxygen atoms in total. The van der Waals surface area contributed by atoms with Gasteiger partial charge in [-0.05, 0) is 37.8 Å². The lowest BCUT2D eigenvalue weighted by molar-refractivity contribution is 0.155. The van der Waals surface area contributed by atoms with Crippen LogP contribution in [-0.2, 0) is 13.6 Å². The maximum atomic E-state index is 6.09. The highest BCUT2D eigenvalue weighted by molar-refractivity contribution is 6.65. The van der Waals surface area contributed by atoms with Crippen LogP contribution in [0.3, 0.4) is 0 Å². The van der Waals surface area contributed by atoms with Crippen molar-refractivity contribution in [2.24, 2.45) is 5.92 Å². The van der Waals surface area contributed by atoms with E-state index in [0.717, 1.165) is 19.1 Å². The Hall–Kier alpha value is 0.0969. The van der Waals surface area contributed by atoms with Gasteiger partial charge in [-0.25, -0.2) is 0 Å². The minimum atomic E-state index is -1.86. The summed E-state index contributed by atoms with van der Waals surface area (Å²) in [5.41, 5.74) is 0. The highest BCUT2D eigenvalue weighted by Gasteiger charge is 2.44. The molecule has 2 fully saturated rings. The van der Waals surface area contributed by atoms with Crippen molar-refractivity contribution in [1.82, 2.24) is 0 Å². The minimum absolute atomic E-state index is 0.559. The van der Waals surface area contributed by atoms with Crippen LogP contribution in [0.15, 0.2) is 0 Å². The van der Waals surface area contributed by atoms with Crippen molar-refractivity contribution in [3.63, 3.8) is 0 Å². The predicted molar refractivity (Wildman–Crippen MR) is 65.7 cm³/mol. The van der Waals surface area contributed by atoms with Crippen LogP contribution in [0, 0.1) is 5.92 Å². The first-order valence-electron chi connectivity index (χ1n) is 6.51. The molecule has 0 radical (unpaired) electrons. The summed E-state index contributed by atoms with van der Waals surface area (Å²) in [6.07, 6.45) is 6.00. The molecule has 0 bridgehead atoms. The Kier molecular flexibility index (Phi) is 4.05. The molecular weight excluding hydrogens is 220 g/mol. The Balaban J connectivity index is 1.72. The van der Waals surface area contributed by atoms with Crippen molar-refractivity contribution in [1.29, 1.82) is 0 Å². The first-order chi connectivity index (χ1) is 7.67. The van der Waals surface area contributed by atoms with Gasteiger partial charge < -0.3 is 13.6 Å². The molecule has 94 valence electrons. The van der Waals surface area contributed by atoms with Crippen molar-refractivity contribution in [3.05, 3.63) is 0 Å². The fraction of sp³-hybridized carbons (Fsp3) is 1.00. The van der Waals surface area contributed by atoms with Gasteiger partial charge in [0.25, 0.3) is 0 Å². The molecule has 1 saturated carbocycles. The highest BCUT2D eigenvalue weighted by atomic mass is 28.4. The van der Waals surface area contributed by atoms with E-state index in [0.29, 0.717) is 18.1 Å². The smallest absolute Gasteiger partial charge is 0.334 e. The van der Waals surface area contributed by atoms with Gasteiger partial charge in [0.05, 0.1) is 12.2 Å². The van der Waals surface area contributed by atoms with Crippen molar-refractivity contribution in [2.75, 3.05) is 13.7 Å². The summed E-state index contributed by atoms with van der Waals surface area (Å²) in [5, 5.41) is 0. The summed E-state index contributed by atoms with van der Waals surface area (Å²) in [7, 11) is -0.0621. The summed E-state index contributed by atoms with van der Waals surface area (Å²) in [6, 6.07) is 1.10. The summed E-state index contributed by atoms with van der Waals surface area (Å²) in [5.74, 6) is 0.697. The molecule has 2 aliphatic rings. The normalized spacial score (nSPS) is 36.6. The molecule has 3 unspecified atom stereocenters. The number of rotatable bonds is 6. The SMILES string of the molecule is CCC[Si@](C)(OC)OCC1CCC2OC2C1. The average molecular weight is 244 g/mol. The average Bonchev–Trinajstić information content (AvgIpc) is 3.05. The zero-order chi connectivity index (χ0) is 11.6. The van der Waals surface area contributed by atoms with Gasteiger partial charge >= 0.3 is 8.56 Å². The van der Waals surface area contributed by atoms with E-state index in [9.17, 15) is 0 Å². The van der Waals surface area contributed by atoms with Crippen molar-refractivity contribution in [2.45, 2.75) is 57.4 Å². The number of epoxide rings is 1. The molecular formula is C12H24O3Si. The van der Waals surface area contributed by atoms with Gasteiger partial charge in [-0.3, -0.25) is 0 Å². The topological polar surface area (TPSA) is 31.0 Å². The van der Waals surface area contributed by atoms with Crippen LogP contribution in [0.25, 0.3) is 0 Å². The molecule has 1 aliphatic heterocycles. The molecule has 2 rings (SSSR count). The largest absolute Gasteiger partial charge is 0.398 e. The molecule has 0 N–H and O–H groups in total. The predicted octanol–water partition coefficient (Wildman–Crippen LogP) is 2.70. The summed E-state index contributed by atoms with van der Waals surface area (Å²) in [4.78, 5) is 0. The lowest BCUT2D eigenvalue weighted by Crippen LogP contribution is -2.39. The van der Waals surface area contributed by atoms with E-state index in [1.54, 1.807) is 7.11 Å². The second kappa shape index (κ2) is 5.17. The molecule has 4 atom stereocenters. The number of hydrogen-bond acceptors (Lipinski definition) is 3. The van der Waals surface area contributed by atoms with Gasteiger partial charge in [-0.2, -0.15) is 0 Å². The van der Waals surface area contributed by atoms with E-state index < -0.39 is 8.56 Å². The van der Waals surface area contributed by atoms with Gasteiger partial charge in [0.15, 0.2) is 0 Å². The van der Waals surface area contributed by atoms with Gasteiger partial charge in [0, 0.05) is 13.7 Å². The Labute approximate surface area is 99.7 Å². The molecule has 1 saturated heterocycles. The van der Waals surface area contributed by atoms with Crippen LogP contribution in [0.4, 0.5) is 0 Å². The standard InChI is InChI=1S/C12H24O3Si/c1-4-7-16(3,13-2)14-9-10-5-6-11-12(8-10)15-11/h10-12H,4-9H2,1-3H3/t10?,11?,12?,16-/m1/s1. The third-order valence-electron chi connectivity index (χ3n) is 3.87. The molecule has 0 amide bonds. The molecule has 4 heteroatoms. The van der Waals surface area contributed by atoms with Crippen LogP contribution in [0.2, 0.25) is 12.6 Å². The molecule has 16 heavy (non-hydrogen) atoms. The first kappa shape index (κ1) is 12.6. The van der Waals surface area contributed by atoms with E-state index in [2.05, 4.69) is 13.5 Å². The Morgan fingerprint density at radius 1 is 1.31 bits per heavy atom. The van der Waals surface area contributed by atoms with E-state index in [-0.39, 0.29) is 0 Å². The van der Waals surface area contributed by atoms with Gasteiger partial charge in [0.2, 0.25) is 0 Å². The fourth-order valence-corrected chi connectivity index (χ4v) is 4.58. The molecule has 0 aromatic carbocycles. The summed E-state index contributed by atoms with van der Waals surface area (Å²) < 4.78 is 17.2. The Bertz CT molecular complexity index is 236. The number of fused-ring (bicyclic) bond motifs is 1. The molecule has 1 heterocycles. The second-order valence-corrected chi connectivity index (χ2v) is 8.76. The maximum Gasteiger partial charge on any atom is 0.334 e. The van der Waals surface area contributed by atoms with Gasteiger partial charge in [0.1, 0.15) is 0 Å². The molecule has 0 aromatic heterocycles. The molecule has 0 spiro atoms. The number of ether oxygens (including phenoxy) is 1. The monoisotopic (exact) mass is 244 g/mol. The van der Waals surface area contributed by atoms with Crippen molar-refractivity contribution < 1.29 is 13.6 Å². The zero-order valence-electron chi connectivity index (χ0n) is 10.7. The van der Waals surface area contributed by atoms with Crippen LogP contribution < -0.4 is 0 Å². The third-order valence-corrected chi connectivity index (χ3v) is 6.92. The van der Waals surface area contributed by atoms with Gasteiger partial charge in [-0.15, -0.1) is 0 Å². The zero-order valence-corrected chi connectivity index (χ0v) is 11.7. The molecule has 1 aliphatic carbocycles. The second-order valence-electron chi connectivity index (χ2n) is 5.29. The lowest BCUT2D eigenvalue weighted by Gasteiger charge is -2.28. The minimum Gasteiger partial charge on any atom is -0.398 e.